The molecule has 0 radical (unpaired) electrons. The molecule has 0 spiro atoms. The molecular weight excluding hydrogens is 228 g/mol. The molecule has 0 aromatic heterocycles. The highest BCUT2D eigenvalue weighted by Crippen LogP contribution is 2.26. The predicted octanol–water partition coefficient (Wildman–Crippen LogP) is 6.25. The highest BCUT2D eigenvalue weighted by molar-refractivity contribution is 5.69. The van der Waals surface area contributed by atoms with Gasteiger partial charge in [0.2, 0.25) is 0 Å². The first-order valence-corrected chi connectivity index (χ1v) is 6.73. The van der Waals surface area contributed by atoms with E-state index in [0.29, 0.717) is 0 Å². The van der Waals surface area contributed by atoms with Crippen molar-refractivity contribution >= 4 is 0 Å². The van der Waals surface area contributed by atoms with Crippen molar-refractivity contribution < 1.29 is 0 Å². The molecule has 0 unspecified atom stereocenters. The van der Waals surface area contributed by atoms with Gasteiger partial charge in [0.05, 0.1) is 0 Å². The first-order valence-electron chi connectivity index (χ1n) is 6.73. The molecule has 0 fully saturated rings. The maximum absolute atomic E-state index is 2.27. The van der Waals surface area contributed by atoms with Gasteiger partial charge in [0.15, 0.2) is 0 Å². The van der Waals surface area contributed by atoms with Crippen LogP contribution in [0.15, 0.2) is 36.4 Å². The maximum Gasteiger partial charge on any atom is -0.0152 e. The zero-order valence-electron chi connectivity index (χ0n) is 12.5. The van der Waals surface area contributed by atoms with Crippen LogP contribution in [0.4, 0.5) is 0 Å². The van der Waals surface area contributed by atoms with Gasteiger partial charge in [-0.25, -0.2) is 0 Å². The lowest BCUT2D eigenvalue weighted by molar-refractivity contribution is 1.33. The molecule has 0 bridgehead atoms. The number of aryl methyl sites for hydroxylation is 4. The molecule has 104 valence electrons. The smallest absolute Gasteiger partial charge is 0.0152 e. The number of benzene rings is 2. The minimum atomic E-state index is 0. The Kier molecular flexibility index (Phi) is 7.14. The summed E-state index contributed by atoms with van der Waals surface area (Å²) in [5.74, 6) is 0. The highest BCUT2D eigenvalue weighted by Gasteiger charge is 2.03. The summed E-state index contributed by atoms with van der Waals surface area (Å²) in [7, 11) is 0. The quantitative estimate of drug-likeness (QED) is 0.565. The summed E-state index contributed by atoms with van der Waals surface area (Å²) >= 11 is 0. The normalized spacial score (nSPS) is 9.16. The number of hydrogen-bond acceptors (Lipinski definition) is 0. The summed E-state index contributed by atoms with van der Waals surface area (Å²) in [5.41, 5.74) is 8.05. The SMILES string of the molecule is C.CC.Cc1ccc(C)c(-c2ccc(C)c(C)c2)c1. The van der Waals surface area contributed by atoms with Crippen molar-refractivity contribution in [3.8, 4) is 11.1 Å². The molecule has 2 aromatic carbocycles. The summed E-state index contributed by atoms with van der Waals surface area (Å²) in [5, 5.41) is 0. The van der Waals surface area contributed by atoms with E-state index in [1.807, 2.05) is 13.8 Å². The second-order valence-corrected chi connectivity index (χ2v) is 4.62. The zero-order chi connectivity index (χ0) is 13.7. The van der Waals surface area contributed by atoms with Crippen LogP contribution >= 0.6 is 0 Å². The summed E-state index contributed by atoms with van der Waals surface area (Å²) in [4.78, 5) is 0. The fourth-order valence-corrected chi connectivity index (χ4v) is 1.96. The molecule has 2 aromatic rings. The fraction of sp³-hybridized carbons (Fsp3) is 0.368. The van der Waals surface area contributed by atoms with Crippen molar-refractivity contribution in [1.29, 1.82) is 0 Å². The van der Waals surface area contributed by atoms with E-state index < -0.39 is 0 Å². The fourth-order valence-electron chi connectivity index (χ4n) is 1.96. The first-order chi connectivity index (χ1) is 8.58. The average Bonchev–Trinajstić information content (AvgIpc) is 2.38. The van der Waals surface area contributed by atoms with Crippen LogP contribution in [-0.4, -0.2) is 0 Å². The van der Waals surface area contributed by atoms with Crippen molar-refractivity contribution in [1.82, 2.24) is 0 Å². The number of hydrogen-bond donors (Lipinski definition) is 0. The van der Waals surface area contributed by atoms with Gasteiger partial charge in [0.1, 0.15) is 0 Å². The van der Waals surface area contributed by atoms with Crippen LogP contribution in [0, 0.1) is 27.7 Å². The maximum atomic E-state index is 2.27. The lowest BCUT2D eigenvalue weighted by Gasteiger charge is -2.09. The molecule has 19 heavy (non-hydrogen) atoms. The molecule has 0 aliphatic heterocycles. The molecule has 0 heteroatoms. The van der Waals surface area contributed by atoms with E-state index in [4.69, 9.17) is 0 Å². The Morgan fingerprint density at radius 1 is 0.632 bits per heavy atom. The lowest BCUT2D eigenvalue weighted by Crippen LogP contribution is -1.87. The van der Waals surface area contributed by atoms with Crippen LogP contribution in [0.5, 0.6) is 0 Å². The van der Waals surface area contributed by atoms with Crippen LogP contribution in [0.2, 0.25) is 0 Å². The largest absolute Gasteiger partial charge is 0.0776 e. The Bertz CT molecular complexity index is 522. The third kappa shape index (κ3) is 4.24. The van der Waals surface area contributed by atoms with E-state index in [2.05, 4.69) is 64.1 Å². The molecule has 0 atom stereocenters. The van der Waals surface area contributed by atoms with E-state index in [1.54, 1.807) is 0 Å². The zero-order valence-corrected chi connectivity index (χ0v) is 12.5. The Morgan fingerprint density at radius 2 is 1.21 bits per heavy atom. The van der Waals surface area contributed by atoms with Crippen molar-refractivity contribution in [2.45, 2.75) is 49.0 Å². The molecule has 0 nitrogen and oxygen atoms in total. The minimum Gasteiger partial charge on any atom is -0.0776 e. The van der Waals surface area contributed by atoms with Gasteiger partial charge in [-0.2, -0.15) is 0 Å². The van der Waals surface area contributed by atoms with Gasteiger partial charge in [-0.1, -0.05) is 63.2 Å². The Morgan fingerprint density at radius 3 is 1.79 bits per heavy atom. The van der Waals surface area contributed by atoms with Gasteiger partial charge in [-0.05, 0) is 55.5 Å². The third-order valence-corrected chi connectivity index (χ3v) is 3.21. The van der Waals surface area contributed by atoms with Crippen molar-refractivity contribution in [3.63, 3.8) is 0 Å². The van der Waals surface area contributed by atoms with Crippen LogP contribution in [-0.2, 0) is 0 Å². The van der Waals surface area contributed by atoms with E-state index in [1.165, 1.54) is 33.4 Å². The molecule has 0 saturated carbocycles. The van der Waals surface area contributed by atoms with Crippen LogP contribution in [0.25, 0.3) is 11.1 Å². The number of rotatable bonds is 1. The van der Waals surface area contributed by atoms with Gasteiger partial charge in [0, 0.05) is 0 Å². The molecule has 0 N–H and O–H groups in total. The van der Waals surface area contributed by atoms with E-state index in [0.717, 1.165) is 0 Å². The van der Waals surface area contributed by atoms with Gasteiger partial charge < -0.3 is 0 Å². The van der Waals surface area contributed by atoms with Gasteiger partial charge in [0.25, 0.3) is 0 Å². The van der Waals surface area contributed by atoms with Crippen LogP contribution < -0.4 is 0 Å². The van der Waals surface area contributed by atoms with Crippen molar-refractivity contribution in [3.05, 3.63) is 58.7 Å². The van der Waals surface area contributed by atoms with Crippen molar-refractivity contribution in [2.24, 2.45) is 0 Å². The topological polar surface area (TPSA) is 0 Å². The summed E-state index contributed by atoms with van der Waals surface area (Å²) in [6.07, 6.45) is 0. The summed E-state index contributed by atoms with van der Waals surface area (Å²) < 4.78 is 0. The van der Waals surface area contributed by atoms with E-state index in [9.17, 15) is 0 Å². The first kappa shape index (κ1) is 17.4. The van der Waals surface area contributed by atoms with E-state index in [-0.39, 0.29) is 7.43 Å². The Balaban J connectivity index is 0.00000103. The second kappa shape index (κ2) is 7.78. The van der Waals surface area contributed by atoms with E-state index >= 15 is 0 Å². The molecule has 0 aliphatic rings. The minimum absolute atomic E-state index is 0. The molecule has 0 saturated heterocycles. The summed E-state index contributed by atoms with van der Waals surface area (Å²) in [6, 6.07) is 13.3. The van der Waals surface area contributed by atoms with Gasteiger partial charge in [-0.15, -0.1) is 0 Å². The molecular formula is C19H28. The van der Waals surface area contributed by atoms with Gasteiger partial charge in [-0.3, -0.25) is 0 Å². The average molecular weight is 256 g/mol. The predicted molar refractivity (Wildman–Crippen MR) is 88.9 cm³/mol. The standard InChI is InChI=1S/C16H18.C2H6.CH4/c1-11-5-6-13(3)16(9-11)15-8-7-12(2)14(4)10-15;1-2;/h5-10H,1-4H3;1-2H3;1H4. The Hall–Kier alpha value is -1.56. The third-order valence-electron chi connectivity index (χ3n) is 3.21. The molecule has 2 rings (SSSR count). The summed E-state index contributed by atoms with van der Waals surface area (Å²) in [6.45, 7) is 12.6. The Labute approximate surface area is 119 Å². The molecule has 0 amide bonds. The lowest BCUT2D eigenvalue weighted by atomic mass is 9.96. The van der Waals surface area contributed by atoms with Crippen LogP contribution in [0.3, 0.4) is 0 Å². The molecule has 0 heterocycles. The highest BCUT2D eigenvalue weighted by atomic mass is 14.1. The monoisotopic (exact) mass is 256 g/mol. The van der Waals surface area contributed by atoms with Crippen LogP contribution in [0.1, 0.15) is 43.5 Å². The molecule has 0 aliphatic carbocycles. The second-order valence-electron chi connectivity index (χ2n) is 4.62. The van der Waals surface area contributed by atoms with Gasteiger partial charge >= 0.3 is 0 Å². The van der Waals surface area contributed by atoms with Crippen molar-refractivity contribution in [2.75, 3.05) is 0 Å².